The number of ether oxygens (including phenoxy) is 1. The van der Waals surface area contributed by atoms with Gasteiger partial charge in [0.2, 0.25) is 5.91 Å². The number of nitrogens with zero attached hydrogens (tertiary/aromatic N) is 1. The first-order valence-electron chi connectivity index (χ1n) is 5.93. The highest BCUT2D eigenvalue weighted by Crippen LogP contribution is 2.36. The van der Waals surface area contributed by atoms with Crippen LogP contribution in [0.3, 0.4) is 0 Å². The molecule has 6 heteroatoms. The third-order valence-electron chi connectivity index (χ3n) is 3.17. The van der Waals surface area contributed by atoms with Crippen LogP contribution in [0.4, 0.5) is 18.9 Å². The van der Waals surface area contributed by atoms with E-state index in [4.69, 9.17) is 4.74 Å². The van der Waals surface area contributed by atoms with Gasteiger partial charge >= 0.3 is 6.18 Å². The van der Waals surface area contributed by atoms with Gasteiger partial charge in [-0.2, -0.15) is 13.2 Å². The van der Waals surface area contributed by atoms with Crippen LogP contribution < -0.4 is 9.64 Å². The maximum Gasteiger partial charge on any atom is 0.389 e. The highest BCUT2D eigenvalue weighted by Gasteiger charge is 2.41. The van der Waals surface area contributed by atoms with E-state index >= 15 is 0 Å². The van der Waals surface area contributed by atoms with Crippen molar-refractivity contribution in [2.45, 2.75) is 19.0 Å². The van der Waals surface area contributed by atoms with Crippen LogP contribution in [0, 0.1) is 5.92 Å². The monoisotopic (exact) mass is 273 g/mol. The van der Waals surface area contributed by atoms with E-state index < -0.39 is 24.4 Å². The number of methoxy groups -OCH3 is 1. The van der Waals surface area contributed by atoms with Crippen LogP contribution in [0.25, 0.3) is 0 Å². The van der Waals surface area contributed by atoms with Gasteiger partial charge in [0.1, 0.15) is 5.75 Å². The normalized spacial score (nSPS) is 19.9. The maximum atomic E-state index is 12.4. The van der Waals surface area contributed by atoms with Crippen molar-refractivity contribution in [3.05, 3.63) is 24.3 Å². The second-order valence-corrected chi connectivity index (χ2v) is 4.47. The number of anilines is 1. The fraction of sp³-hybridized carbons (Fsp3) is 0.462. The highest BCUT2D eigenvalue weighted by molar-refractivity contribution is 5.98. The highest BCUT2D eigenvalue weighted by atomic mass is 19.4. The van der Waals surface area contributed by atoms with Crippen molar-refractivity contribution in [1.29, 1.82) is 0 Å². The lowest BCUT2D eigenvalue weighted by Gasteiger charge is -2.19. The van der Waals surface area contributed by atoms with E-state index in [2.05, 4.69) is 0 Å². The van der Waals surface area contributed by atoms with Crippen LogP contribution in [0.1, 0.15) is 12.8 Å². The number of alkyl halides is 3. The molecule has 0 bridgehead atoms. The van der Waals surface area contributed by atoms with Gasteiger partial charge in [-0.25, -0.2) is 0 Å². The molecule has 2 rings (SSSR count). The van der Waals surface area contributed by atoms with Crippen LogP contribution in [0.15, 0.2) is 24.3 Å². The Morgan fingerprint density at radius 2 is 2.05 bits per heavy atom. The number of carbonyl (C=O) groups excluding carboxylic acids is 1. The van der Waals surface area contributed by atoms with Crippen LogP contribution in [0.5, 0.6) is 5.75 Å². The molecular weight excluding hydrogens is 259 g/mol. The zero-order valence-corrected chi connectivity index (χ0v) is 10.4. The standard InChI is InChI=1S/C13H14F3NO2/c1-19-11-5-3-2-4-10(11)17-7-6-9(12(17)18)8-13(14,15)16/h2-5,9H,6-8H2,1H3. The maximum absolute atomic E-state index is 12.4. The summed E-state index contributed by atoms with van der Waals surface area (Å²) in [4.78, 5) is 13.4. The molecule has 0 spiro atoms. The zero-order chi connectivity index (χ0) is 14.0. The van der Waals surface area contributed by atoms with Crippen molar-refractivity contribution < 1.29 is 22.7 Å². The molecule has 0 radical (unpaired) electrons. The quantitative estimate of drug-likeness (QED) is 0.847. The summed E-state index contributed by atoms with van der Waals surface area (Å²) in [5.74, 6) is -0.977. The van der Waals surface area contributed by atoms with E-state index in [1.807, 2.05) is 0 Å². The fourth-order valence-electron chi connectivity index (χ4n) is 2.30. The van der Waals surface area contributed by atoms with Gasteiger partial charge in [-0.05, 0) is 18.6 Å². The number of rotatable bonds is 3. The predicted molar refractivity (Wildman–Crippen MR) is 64.1 cm³/mol. The molecule has 1 aliphatic rings. The molecule has 19 heavy (non-hydrogen) atoms. The molecule has 0 aromatic heterocycles. The number of para-hydroxylation sites is 2. The Bertz CT molecular complexity index is 473. The van der Waals surface area contributed by atoms with Crippen molar-refractivity contribution in [3.63, 3.8) is 0 Å². The number of halogens is 3. The first-order valence-corrected chi connectivity index (χ1v) is 5.93. The molecular formula is C13H14F3NO2. The summed E-state index contributed by atoms with van der Waals surface area (Å²) in [5.41, 5.74) is 0.527. The van der Waals surface area contributed by atoms with Gasteiger partial charge in [0.15, 0.2) is 0 Å². The molecule has 104 valence electrons. The molecule has 0 saturated carbocycles. The minimum Gasteiger partial charge on any atom is -0.495 e. The van der Waals surface area contributed by atoms with Crippen molar-refractivity contribution in [3.8, 4) is 5.75 Å². The van der Waals surface area contributed by atoms with Crippen LogP contribution in [0.2, 0.25) is 0 Å². The summed E-state index contributed by atoms with van der Waals surface area (Å²) in [6, 6.07) is 6.82. The number of hydrogen-bond acceptors (Lipinski definition) is 2. The van der Waals surface area contributed by atoms with Crippen LogP contribution in [-0.4, -0.2) is 25.7 Å². The molecule has 0 N–H and O–H groups in total. The molecule has 1 heterocycles. The Balaban J connectivity index is 2.18. The smallest absolute Gasteiger partial charge is 0.389 e. The Morgan fingerprint density at radius 3 is 2.68 bits per heavy atom. The first-order chi connectivity index (χ1) is 8.92. The largest absolute Gasteiger partial charge is 0.495 e. The summed E-state index contributed by atoms with van der Waals surface area (Å²) in [7, 11) is 1.46. The van der Waals surface area contributed by atoms with Gasteiger partial charge in [0.05, 0.1) is 19.2 Å². The summed E-state index contributed by atoms with van der Waals surface area (Å²) in [6.07, 6.45) is -5.15. The lowest BCUT2D eigenvalue weighted by molar-refractivity contribution is -0.151. The minimum atomic E-state index is -4.31. The first kappa shape index (κ1) is 13.7. The Morgan fingerprint density at radius 1 is 1.37 bits per heavy atom. The molecule has 1 amide bonds. The molecule has 1 atom stereocenters. The summed E-state index contributed by atoms with van der Waals surface area (Å²) < 4.78 is 42.2. The van der Waals surface area contributed by atoms with E-state index in [0.717, 1.165) is 0 Å². The molecule has 0 aliphatic carbocycles. The molecule has 1 fully saturated rings. The SMILES string of the molecule is COc1ccccc1N1CCC(CC(F)(F)F)C1=O. The number of carbonyl (C=O) groups is 1. The van der Waals surface area contributed by atoms with E-state index in [1.165, 1.54) is 12.0 Å². The van der Waals surface area contributed by atoms with Crippen molar-refractivity contribution in [2.75, 3.05) is 18.6 Å². The van der Waals surface area contributed by atoms with Crippen LogP contribution >= 0.6 is 0 Å². The minimum absolute atomic E-state index is 0.219. The second-order valence-electron chi connectivity index (χ2n) is 4.47. The zero-order valence-electron chi connectivity index (χ0n) is 10.4. The average Bonchev–Trinajstić information content (AvgIpc) is 2.69. The van der Waals surface area contributed by atoms with Gasteiger partial charge in [-0.15, -0.1) is 0 Å². The van der Waals surface area contributed by atoms with E-state index in [1.54, 1.807) is 24.3 Å². The molecule has 3 nitrogen and oxygen atoms in total. The van der Waals surface area contributed by atoms with Crippen molar-refractivity contribution in [1.82, 2.24) is 0 Å². The molecule has 1 unspecified atom stereocenters. The van der Waals surface area contributed by atoms with Gasteiger partial charge in [-0.3, -0.25) is 4.79 Å². The van der Waals surface area contributed by atoms with Gasteiger partial charge in [-0.1, -0.05) is 12.1 Å². The van der Waals surface area contributed by atoms with E-state index in [0.29, 0.717) is 18.0 Å². The van der Waals surface area contributed by atoms with E-state index in [-0.39, 0.29) is 6.42 Å². The lowest BCUT2D eigenvalue weighted by Crippen LogP contribution is -2.29. The second kappa shape index (κ2) is 5.11. The van der Waals surface area contributed by atoms with Gasteiger partial charge < -0.3 is 9.64 Å². The third-order valence-corrected chi connectivity index (χ3v) is 3.17. The summed E-state index contributed by atoms with van der Waals surface area (Å²) in [5, 5.41) is 0. The Labute approximate surface area is 109 Å². The molecule has 1 saturated heterocycles. The number of hydrogen-bond donors (Lipinski definition) is 0. The molecule has 1 aromatic rings. The summed E-state index contributed by atoms with van der Waals surface area (Å²) >= 11 is 0. The number of amides is 1. The topological polar surface area (TPSA) is 29.5 Å². The fourth-order valence-corrected chi connectivity index (χ4v) is 2.30. The Hall–Kier alpha value is -1.72. The van der Waals surface area contributed by atoms with Crippen LogP contribution in [-0.2, 0) is 4.79 Å². The average molecular weight is 273 g/mol. The summed E-state index contributed by atoms with van der Waals surface area (Å²) in [6.45, 7) is 0.292. The van der Waals surface area contributed by atoms with Crippen molar-refractivity contribution >= 4 is 11.6 Å². The Kier molecular flexibility index (Phi) is 3.68. The third kappa shape index (κ3) is 3.00. The molecule has 1 aliphatic heterocycles. The predicted octanol–water partition coefficient (Wildman–Crippen LogP) is 3.00. The van der Waals surface area contributed by atoms with Gasteiger partial charge in [0.25, 0.3) is 0 Å². The van der Waals surface area contributed by atoms with E-state index in [9.17, 15) is 18.0 Å². The lowest BCUT2D eigenvalue weighted by atomic mass is 10.0. The number of benzene rings is 1. The van der Waals surface area contributed by atoms with Crippen molar-refractivity contribution in [2.24, 2.45) is 5.92 Å². The van der Waals surface area contributed by atoms with Gasteiger partial charge in [0, 0.05) is 12.5 Å². The molecule has 1 aromatic carbocycles.